The van der Waals surface area contributed by atoms with Crippen LogP contribution < -0.4 is 0 Å². The number of hydrogen-bond acceptors (Lipinski definition) is 1. The van der Waals surface area contributed by atoms with E-state index in [2.05, 4.69) is 72.8 Å². The monoisotopic (exact) mass is 376 g/mol. The summed E-state index contributed by atoms with van der Waals surface area (Å²) in [6, 6.07) is 37.3. The zero-order valence-electron chi connectivity index (χ0n) is 16.8. The molecule has 0 fully saturated rings. The van der Waals surface area contributed by atoms with Crippen molar-refractivity contribution in [2.75, 3.05) is 0 Å². The molecule has 0 aliphatic rings. The van der Waals surface area contributed by atoms with E-state index in [4.69, 9.17) is 0 Å². The fraction of sp³-hybridized carbons (Fsp3) is 0.107. The number of hydrogen-bond donors (Lipinski definition) is 0. The minimum absolute atomic E-state index is 0.137. The van der Waals surface area contributed by atoms with Gasteiger partial charge in [-0.2, -0.15) is 0 Å². The first-order valence-electron chi connectivity index (χ1n) is 9.92. The molecule has 4 rings (SSSR count). The van der Waals surface area contributed by atoms with Gasteiger partial charge in [0.2, 0.25) is 0 Å². The Labute approximate surface area is 172 Å². The van der Waals surface area contributed by atoms with Crippen LogP contribution in [0.25, 0.3) is 22.3 Å². The van der Waals surface area contributed by atoms with Crippen LogP contribution in [0.1, 0.15) is 25.0 Å². The van der Waals surface area contributed by atoms with Gasteiger partial charge in [0.15, 0.2) is 0 Å². The maximum absolute atomic E-state index is 12.8. The minimum Gasteiger partial charge on any atom is -0.299 e. The number of rotatable bonds is 5. The highest BCUT2D eigenvalue weighted by molar-refractivity contribution is 5.91. The molecule has 0 aliphatic heterocycles. The van der Waals surface area contributed by atoms with E-state index in [-0.39, 0.29) is 5.78 Å². The normalized spacial score (nSPS) is 11.2. The summed E-state index contributed by atoms with van der Waals surface area (Å²) in [5.41, 5.74) is 6.00. The van der Waals surface area contributed by atoms with E-state index in [0.717, 1.165) is 22.3 Å². The summed E-state index contributed by atoms with van der Waals surface area (Å²) in [6.07, 6.45) is 0. The highest BCUT2D eigenvalue weighted by Gasteiger charge is 2.34. The Kier molecular flexibility index (Phi) is 5.14. The van der Waals surface area contributed by atoms with Gasteiger partial charge in [0.25, 0.3) is 0 Å². The Hall–Kier alpha value is -3.45. The first-order valence-corrected chi connectivity index (χ1v) is 9.92. The lowest BCUT2D eigenvalue weighted by Crippen LogP contribution is -2.31. The number of carbonyl (C=O) groups is 1. The van der Waals surface area contributed by atoms with Crippen molar-refractivity contribution in [1.29, 1.82) is 0 Å². The molecule has 0 aromatic heterocycles. The molecule has 0 heterocycles. The number of Topliss-reactive ketones (excluding diaryl/α,β-unsaturated/α-hetero) is 1. The van der Waals surface area contributed by atoms with E-state index in [1.165, 1.54) is 11.1 Å². The molecule has 0 bridgehead atoms. The van der Waals surface area contributed by atoms with Crippen molar-refractivity contribution in [1.82, 2.24) is 0 Å². The van der Waals surface area contributed by atoms with Gasteiger partial charge in [0, 0.05) is 0 Å². The quantitative estimate of drug-likeness (QED) is 0.370. The fourth-order valence-electron chi connectivity index (χ4n) is 3.83. The van der Waals surface area contributed by atoms with Gasteiger partial charge < -0.3 is 0 Å². The maximum Gasteiger partial charge on any atom is 0.144 e. The summed E-state index contributed by atoms with van der Waals surface area (Å²) in [7, 11) is 0. The van der Waals surface area contributed by atoms with E-state index in [1.54, 1.807) is 6.92 Å². The second-order valence-electron chi connectivity index (χ2n) is 7.57. The Morgan fingerprint density at radius 1 is 0.517 bits per heavy atom. The predicted octanol–water partition coefficient (Wildman–Crippen LogP) is 6.92. The summed E-state index contributed by atoms with van der Waals surface area (Å²) in [6.45, 7) is 3.70. The Morgan fingerprint density at radius 2 is 0.828 bits per heavy atom. The van der Waals surface area contributed by atoms with Gasteiger partial charge in [-0.15, -0.1) is 0 Å². The first kappa shape index (κ1) is 18.9. The van der Waals surface area contributed by atoms with Crippen molar-refractivity contribution in [2.45, 2.75) is 19.3 Å². The molecule has 0 aliphatic carbocycles. The molecule has 4 aromatic rings. The van der Waals surface area contributed by atoms with Gasteiger partial charge in [-0.1, -0.05) is 109 Å². The number of carbonyl (C=O) groups excluding carboxylic acids is 1. The molecular formula is C28H24O. The minimum atomic E-state index is -0.676. The molecule has 0 radical (unpaired) electrons. The second-order valence-corrected chi connectivity index (χ2v) is 7.57. The van der Waals surface area contributed by atoms with Gasteiger partial charge in [0.05, 0.1) is 5.41 Å². The molecule has 0 amide bonds. The zero-order valence-corrected chi connectivity index (χ0v) is 16.8. The molecule has 142 valence electrons. The zero-order chi connectivity index (χ0) is 20.3. The maximum atomic E-state index is 12.8. The average Bonchev–Trinajstić information content (AvgIpc) is 2.80. The first-order chi connectivity index (χ1) is 14.1. The molecule has 0 atom stereocenters. The fourth-order valence-corrected chi connectivity index (χ4v) is 3.83. The van der Waals surface area contributed by atoms with Crippen LogP contribution in [0.4, 0.5) is 0 Å². The third-order valence-electron chi connectivity index (χ3n) is 5.84. The van der Waals surface area contributed by atoms with E-state index in [0.29, 0.717) is 0 Å². The average molecular weight is 376 g/mol. The van der Waals surface area contributed by atoms with Crippen molar-refractivity contribution < 1.29 is 4.79 Å². The summed E-state index contributed by atoms with van der Waals surface area (Å²) in [4.78, 5) is 12.8. The SMILES string of the molecule is CC(=O)C(C)(c1ccc(-c2ccccc2)cc1)c1ccc(-c2ccccc2)cc1. The smallest absolute Gasteiger partial charge is 0.144 e. The lowest BCUT2D eigenvalue weighted by Gasteiger charge is -2.28. The highest BCUT2D eigenvalue weighted by Crippen LogP contribution is 2.35. The summed E-state index contributed by atoms with van der Waals surface area (Å²) < 4.78 is 0. The van der Waals surface area contributed by atoms with Crippen LogP contribution in [-0.4, -0.2) is 5.78 Å². The van der Waals surface area contributed by atoms with Crippen LogP contribution in [0, 0.1) is 0 Å². The van der Waals surface area contributed by atoms with Gasteiger partial charge >= 0.3 is 0 Å². The summed E-state index contributed by atoms with van der Waals surface area (Å²) in [5.74, 6) is 0.137. The Morgan fingerprint density at radius 3 is 1.14 bits per heavy atom. The molecular weight excluding hydrogens is 352 g/mol. The number of benzene rings is 4. The van der Waals surface area contributed by atoms with Crippen LogP contribution in [0.3, 0.4) is 0 Å². The third-order valence-corrected chi connectivity index (χ3v) is 5.84. The van der Waals surface area contributed by atoms with Gasteiger partial charge in [0.1, 0.15) is 5.78 Å². The molecule has 0 saturated carbocycles. The lowest BCUT2D eigenvalue weighted by molar-refractivity contribution is -0.120. The second kappa shape index (κ2) is 7.89. The molecule has 1 nitrogen and oxygen atoms in total. The molecule has 0 N–H and O–H groups in total. The van der Waals surface area contributed by atoms with Crippen LogP contribution in [0.2, 0.25) is 0 Å². The van der Waals surface area contributed by atoms with Gasteiger partial charge in [-0.25, -0.2) is 0 Å². The van der Waals surface area contributed by atoms with Crippen molar-refractivity contribution in [2.24, 2.45) is 0 Å². The van der Waals surface area contributed by atoms with Crippen molar-refractivity contribution >= 4 is 5.78 Å². The summed E-state index contributed by atoms with van der Waals surface area (Å²) >= 11 is 0. The molecule has 29 heavy (non-hydrogen) atoms. The molecule has 0 unspecified atom stereocenters. The predicted molar refractivity (Wildman–Crippen MR) is 121 cm³/mol. The third kappa shape index (κ3) is 3.64. The van der Waals surface area contributed by atoms with Gasteiger partial charge in [-0.3, -0.25) is 4.79 Å². The van der Waals surface area contributed by atoms with Crippen molar-refractivity contribution in [3.05, 3.63) is 120 Å². The molecule has 1 heteroatoms. The molecule has 0 spiro atoms. The van der Waals surface area contributed by atoms with Crippen molar-refractivity contribution in [3.8, 4) is 22.3 Å². The largest absolute Gasteiger partial charge is 0.299 e. The van der Waals surface area contributed by atoms with E-state index < -0.39 is 5.41 Å². The Bertz CT molecular complexity index is 1010. The highest BCUT2D eigenvalue weighted by atomic mass is 16.1. The van der Waals surface area contributed by atoms with Crippen LogP contribution in [-0.2, 0) is 10.2 Å². The van der Waals surface area contributed by atoms with Gasteiger partial charge in [-0.05, 0) is 47.2 Å². The van der Waals surface area contributed by atoms with E-state index in [9.17, 15) is 4.79 Å². The summed E-state index contributed by atoms with van der Waals surface area (Å²) in [5, 5.41) is 0. The van der Waals surface area contributed by atoms with E-state index >= 15 is 0 Å². The van der Waals surface area contributed by atoms with Crippen molar-refractivity contribution in [3.63, 3.8) is 0 Å². The van der Waals surface area contributed by atoms with Crippen LogP contribution in [0.15, 0.2) is 109 Å². The Balaban J connectivity index is 1.70. The van der Waals surface area contributed by atoms with E-state index in [1.807, 2.05) is 43.3 Å². The standard InChI is InChI=1S/C28H24O/c1-21(29)28(2,26-17-13-24(14-18-26)22-9-5-3-6-10-22)27-19-15-25(16-20-27)23-11-7-4-8-12-23/h3-20H,1-2H3. The molecule has 4 aromatic carbocycles. The topological polar surface area (TPSA) is 17.1 Å². The molecule has 0 saturated heterocycles. The number of ketones is 1. The van der Waals surface area contributed by atoms with Crippen LogP contribution >= 0.6 is 0 Å². The lowest BCUT2D eigenvalue weighted by atomic mass is 9.73. The van der Waals surface area contributed by atoms with Crippen LogP contribution in [0.5, 0.6) is 0 Å².